The van der Waals surface area contributed by atoms with Gasteiger partial charge in [0.2, 0.25) is 5.88 Å². The van der Waals surface area contributed by atoms with Crippen LogP contribution in [0.2, 0.25) is 0 Å². The summed E-state index contributed by atoms with van der Waals surface area (Å²) >= 11 is 0. The van der Waals surface area contributed by atoms with Crippen LogP contribution in [-0.4, -0.2) is 39.3 Å². The van der Waals surface area contributed by atoms with Crippen LogP contribution < -0.4 is 10.1 Å². The number of pyridine rings is 2. The maximum atomic E-state index is 12.3. The number of carbonyl (C=O) groups is 1. The zero-order valence-corrected chi connectivity index (χ0v) is 17.4. The Morgan fingerprint density at radius 1 is 0.938 bits per heavy atom. The Morgan fingerprint density at radius 2 is 1.56 bits per heavy atom. The van der Waals surface area contributed by atoms with Gasteiger partial charge in [-0.05, 0) is 23.3 Å². The second kappa shape index (κ2) is 9.55. The van der Waals surface area contributed by atoms with Gasteiger partial charge in [-0.15, -0.1) is 0 Å². The molecule has 2 unspecified atom stereocenters. The molecule has 0 radical (unpaired) electrons. The molecule has 4 aromatic rings. The van der Waals surface area contributed by atoms with Crippen LogP contribution in [0.4, 0.5) is 0 Å². The van der Waals surface area contributed by atoms with E-state index in [4.69, 9.17) is 4.74 Å². The summed E-state index contributed by atoms with van der Waals surface area (Å²) in [5.41, 5.74) is 3.05. The minimum absolute atomic E-state index is 0.352. The molecule has 0 bridgehead atoms. The van der Waals surface area contributed by atoms with Crippen molar-refractivity contribution in [3.63, 3.8) is 0 Å². The Balaban J connectivity index is 1.75. The van der Waals surface area contributed by atoms with Crippen molar-refractivity contribution < 1.29 is 19.7 Å². The van der Waals surface area contributed by atoms with E-state index in [1.165, 1.54) is 13.3 Å². The van der Waals surface area contributed by atoms with Crippen LogP contribution in [-0.2, 0) is 4.79 Å². The molecule has 0 aliphatic rings. The van der Waals surface area contributed by atoms with Gasteiger partial charge < -0.3 is 14.9 Å². The van der Waals surface area contributed by atoms with Crippen LogP contribution in [0.1, 0.15) is 28.8 Å². The van der Waals surface area contributed by atoms with Gasteiger partial charge >= 0.3 is 5.97 Å². The number of hydrogen-bond donors (Lipinski definition) is 3. The highest BCUT2D eigenvalue weighted by Gasteiger charge is 2.32. The van der Waals surface area contributed by atoms with Gasteiger partial charge in [-0.3, -0.25) is 15.1 Å². The third-order valence-corrected chi connectivity index (χ3v) is 5.31. The van der Waals surface area contributed by atoms with E-state index in [0.717, 1.165) is 11.1 Å². The van der Waals surface area contributed by atoms with Crippen molar-refractivity contribution in [2.24, 2.45) is 0 Å². The molecule has 0 saturated carbocycles. The van der Waals surface area contributed by atoms with Crippen molar-refractivity contribution in [1.82, 2.24) is 15.3 Å². The lowest BCUT2D eigenvalue weighted by molar-refractivity contribution is -0.142. The quantitative estimate of drug-likeness (QED) is 0.394. The highest BCUT2D eigenvalue weighted by Crippen LogP contribution is 2.29. The number of carboxylic acids is 1. The van der Waals surface area contributed by atoms with Crippen LogP contribution >= 0.6 is 0 Å². The SMILES string of the molecule is COc1ccc2nccc(C(O)C(NC(c3ccccc3)c3ccccc3)C(=O)O)c2n1. The van der Waals surface area contributed by atoms with Crippen molar-refractivity contribution in [2.75, 3.05) is 7.11 Å². The van der Waals surface area contributed by atoms with Crippen molar-refractivity contribution in [3.05, 3.63) is 102 Å². The van der Waals surface area contributed by atoms with Crippen LogP contribution in [0.5, 0.6) is 5.88 Å². The van der Waals surface area contributed by atoms with Gasteiger partial charge in [0.15, 0.2) is 0 Å². The van der Waals surface area contributed by atoms with E-state index in [-0.39, 0.29) is 0 Å². The van der Waals surface area contributed by atoms with Crippen LogP contribution in [0, 0.1) is 0 Å². The number of nitrogens with one attached hydrogen (secondary N) is 1. The van der Waals surface area contributed by atoms with E-state index in [2.05, 4.69) is 15.3 Å². The minimum atomic E-state index is -1.38. The minimum Gasteiger partial charge on any atom is -0.481 e. The second-order valence-corrected chi connectivity index (χ2v) is 7.30. The number of fused-ring (bicyclic) bond motifs is 1. The van der Waals surface area contributed by atoms with Crippen molar-refractivity contribution in [3.8, 4) is 5.88 Å². The zero-order valence-electron chi connectivity index (χ0n) is 17.4. The summed E-state index contributed by atoms with van der Waals surface area (Å²) in [4.78, 5) is 20.9. The summed E-state index contributed by atoms with van der Waals surface area (Å²) in [6.45, 7) is 0. The summed E-state index contributed by atoms with van der Waals surface area (Å²) in [7, 11) is 1.49. The highest BCUT2D eigenvalue weighted by molar-refractivity contribution is 5.81. The third-order valence-electron chi connectivity index (χ3n) is 5.31. The summed E-state index contributed by atoms with van der Waals surface area (Å²) < 4.78 is 5.19. The second-order valence-electron chi connectivity index (χ2n) is 7.30. The van der Waals surface area contributed by atoms with E-state index in [0.29, 0.717) is 22.5 Å². The lowest BCUT2D eigenvalue weighted by Gasteiger charge is -2.28. The molecule has 162 valence electrons. The number of carboxylic acid groups (broad SMARTS) is 1. The Hall–Kier alpha value is -3.81. The van der Waals surface area contributed by atoms with Crippen LogP contribution in [0.3, 0.4) is 0 Å². The smallest absolute Gasteiger partial charge is 0.323 e. The van der Waals surface area contributed by atoms with E-state index in [1.807, 2.05) is 60.7 Å². The fraction of sp³-hybridized carbons (Fsp3) is 0.160. The third kappa shape index (κ3) is 4.44. The molecule has 2 aromatic carbocycles. The Labute approximate surface area is 185 Å². The fourth-order valence-corrected chi connectivity index (χ4v) is 3.71. The Kier molecular flexibility index (Phi) is 6.39. The first-order valence-electron chi connectivity index (χ1n) is 10.1. The molecule has 4 rings (SSSR count). The van der Waals surface area contributed by atoms with Crippen LogP contribution in [0.15, 0.2) is 85.1 Å². The van der Waals surface area contributed by atoms with Crippen molar-refractivity contribution >= 4 is 17.0 Å². The molecule has 3 N–H and O–H groups in total. The number of nitrogens with zero attached hydrogens (tertiary/aromatic N) is 2. The molecule has 7 nitrogen and oxygen atoms in total. The lowest BCUT2D eigenvalue weighted by atomic mass is 9.95. The number of aliphatic hydroxyl groups excluding tert-OH is 1. The number of rotatable bonds is 8. The van der Waals surface area contributed by atoms with E-state index in [9.17, 15) is 15.0 Å². The molecular formula is C25H23N3O4. The number of benzene rings is 2. The van der Waals surface area contributed by atoms with Gasteiger partial charge in [0.05, 0.1) is 24.2 Å². The highest BCUT2D eigenvalue weighted by atomic mass is 16.5. The van der Waals surface area contributed by atoms with E-state index < -0.39 is 24.2 Å². The van der Waals surface area contributed by atoms with Crippen LogP contribution in [0.25, 0.3) is 11.0 Å². The Morgan fingerprint density at radius 3 is 2.12 bits per heavy atom. The number of methoxy groups -OCH3 is 1. The molecule has 2 heterocycles. The maximum absolute atomic E-state index is 12.3. The van der Waals surface area contributed by atoms with Gasteiger partial charge in [-0.25, -0.2) is 4.98 Å². The average Bonchev–Trinajstić information content (AvgIpc) is 2.84. The monoisotopic (exact) mass is 429 g/mol. The predicted octanol–water partition coefficient (Wildman–Crippen LogP) is 3.50. The number of hydrogen-bond acceptors (Lipinski definition) is 6. The van der Waals surface area contributed by atoms with Crippen molar-refractivity contribution in [2.45, 2.75) is 18.2 Å². The normalized spacial score (nSPS) is 13.1. The molecule has 0 amide bonds. The molecule has 2 aromatic heterocycles. The summed E-state index contributed by atoms with van der Waals surface area (Å²) in [5, 5.41) is 24.4. The van der Waals surface area contributed by atoms with Gasteiger partial charge in [-0.2, -0.15) is 0 Å². The van der Waals surface area contributed by atoms with Gasteiger partial charge in [0.25, 0.3) is 0 Å². The van der Waals surface area contributed by atoms with E-state index in [1.54, 1.807) is 18.2 Å². The van der Waals surface area contributed by atoms with E-state index >= 15 is 0 Å². The topological polar surface area (TPSA) is 105 Å². The number of aliphatic carboxylic acids is 1. The molecule has 0 saturated heterocycles. The largest absolute Gasteiger partial charge is 0.481 e. The summed E-state index contributed by atoms with van der Waals surface area (Å²) in [5.74, 6) is -0.826. The molecule has 32 heavy (non-hydrogen) atoms. The average molecular weight is 429 g/mol. The summed E-state index contributed by atoms with van der Waals surface area (Å²) in [6.07, 6.45) is 0.146. The van der Waals surface area contributed by atoms with Gasteiger partial charge in [-0.1, -0.05) is 60.7 Å². The first-order chi connectivity index (χ1) is 15.6. The maximum Gasteiger partial charge on any atom is 0.323 e. The first kappa shape index (κ1) is 21.4. The first-order valence-corrected chi connectivity index (χ1v) is 10.1. The zero-order chi connectivity index (χ0) is 22.5. The number of ether oxygens (including phenoxy) is 1. The van der Waals surface area contributed by atoms with Gasteiger partial charge in [0, 0.05) is 17.8 Å². The number of aliphatic hydroxyl groups is 1. The molecule has 0 spiro atoms. The summed E-state index contributed by atoms with van der Waals surface area (Å²) in [6, 6.07) is 22.3. The Bertz CT molecular complexity index is 1160. The predicted molar refractivity (Wildman–Crippen MR) is 120 cm³/mol. The molecule has 2 atom stereocenters. The molecule has 7 heteroatoms. The molecular weight excluding hydrogens is 406 g/mol. The van der Waals surface area contributed by atoms with Crippen molar-refractivity contribution in [1.29, 1.82) is 0 Å². The lowest BCUT2D eigenvalue weighted by Crippen LogP contribution is -2.44. The fourth-order valence-electron chi connectivity index (χ4n) is 3.71. The molecule has 0 fully saturated rings. The standard InChI is InChI=1S/C25H23N3O4/c1-32-20-13-12-19-22(27-20)18(14-15-26-19)24(29)23(25(30)31)28-21(16-8-4-2-5-9-16)17-10-6-3-7-11-17/h2-15,21,23-24,28-29H,1H3,(H,30,31). The molecule has 0 aliphatic heterocycles. The molecule has 0 aliphatic carbocycles. The van der Waals surface area contributed by atoms with Gasteiger partial charge in [0.1, 0.15) is 12.1 Å². The number of aromatic nitrogens is 2.